The average molecular weight is 354 g/mol. The van der Waals surface area contributed by atoms with Crippen molar-refractivity contribution in [2.45, 2.75) is 58.6 Å². The maximum Gasteiger partial charge on any atom is 0.167 e. The van der Waals surface area contributed by atoms with Gasteiger partial charge in [-0.15, -0.1) is 0 Å². The van der Waals surface area contributed by atoms with Crippen LogP contribution in [0, 0.1) is 5.92 Å². The monoisotopic (exact) mass is 353 g/mol. The van der Waals surface area contributed by atoms with Crippen molar-refractivity contribution in [2.24, 2.45) is 5.92 Å². The number of likely N-dealkylation sites (tertiary alicyclic amines) is 1. The van der Waals surface area contributed by atoms with E-state index in [-0.39, 0.29) is 11.7 Å². The van der Waals surface area contributed by atoms with E-state index in [1.807, 2.05) is 36.4 Å². The van der Waals surface area contributed by atoms with Crippen molar-refractivity contribution in [3.8, 4) is 0 Å². The molecule has 140 valence electrons. The van der Waals surface area contributed by atoms with Crippen LogP contribution in [0.5, 0.6) is 0 Å². The maximum absolute atomic E-state index is 13.3. The Kier molecular flexibility index (Phi) is 6.10. The molecule has 3 nitrogen and oxygen atoms in total. The second-order valence-corrected chi connectivity index (χ2v) is 7.63. The van der Waals surface area contributed by atoms with Crippen LogP contribution in [0.15, 0.2) is 36.4 Å². The van der Waals surface area contributed by atoms with Crippen LogP contribution in [-0.2, 0) is 0 Å². The molecule has 2 atom stereocenters. The van der Waals surface area contributed by atoms with Gasteiger partial charge >= 0.3 is 0 Å². The molecule has 0 aliphatic carbocycles. The third-order valence-corrected chi connectivity index (χ3v) is 5.91. The highest BCUT2D eigenvalue weighted by atomic mass is 16.3. The van der Waals surface area contributed by atoms with E-state index in [1.165, 1.54) is 0 Å². The summed E-state index contributed by atoms with van der Waals surface area (Å²) in [5.41, 5.74) is 1.59. The standard InChI is InChI=1S/C23H31NO2/c1-4-20(5-2)24-12-8-10-18(15-24)23(26)19-13-17-9-6-7-11-21(17)22(14-19)16(3)25/h6-7,9,11,13-14,16,18,20,25H,4-5,8,10,12,15H2,1-3H3. The zero-order chi connectivity index (χ0) is 18.7. The van der Waals surface area contributed by atoms with Crippen molar-refractivity contribution in [1.82, 2.24) is 4.90 Å². The molecular weight excluding hydrogens is 322 g/mol. The molecule has 0 aromatic heterocycles. The Morgan fingerprint density at radius 3 is 2.65 bits per heavy atom. The molecule has 0 spiro atoms. The molecule has 1 heterocycles. The summed E-state index contributed by atoms with van der Waals surface area (Å²) in [6.07, 6.45) is 3.75. The number of carbonyl (C=O) groups is 1. The third kappa shape index (κ3) is 3.84. The number of hydrogen-bond acceptors (Lipinski definition) is 3. The minimum absolute atomic E-state index is 0.0624. The van der Waals surface area contributed by atoms with Gasteiger partial charge in [0.1, 0.15) is 0 Å². The number of rotatable bonds is 6. The molecule has 0 radical (unpaired) electrons. The second-order valence-electron chi connectivity index (χ2n) is 7.63. The van der Waals surface area contributed by atoms with E-state index in [4.69, 9.17) is 0 Å². The van der Waals surface area contributed by atoms with E-state index >= 15 is 0 Å². The number of hydrogen-bond donors (Lipinski definition) is 1. The Bertz CT molecular complexity index is 764. The summed E-state index contributed by atoms with van der Waals surface area (Å²) in [6, 6.07) is 12.5. The van der Waals surface area contributed by atoms with Crippen LogP contribution in [0.4, 0.5) is 0 Å². The molecule has 1 saturated heterocycles. The lowest BCUT2D eigenvalue weighted by atomic mass is 9.86. The number of aliphatic hydroxyl groups excluding tert-OH is 1. The van der Waals surface area contributed by atoms with Gasteiger partial charge in [-0.1, -0.05) is 38.1 Å². The van der Waals surface area contributed by atoms with Crippen LogP contribution >= 0.6 is 0 Å². The smallest absolute Gasteiger partial charge is 0.167 e. The Hall–Kier alpha value is -1.71. The number of nitrogens with zero attached hydrogens (tertiary/aromatic N) is 1. The number of fused-ring (bicyclic) bond motifs is 1. The predicted octanol–water partition coefficient (Wildman–Crippen LogP) is 4.98. The lowest BCUT2D eigenvalue weighted by molar-refractivity contribution is 0.0741. The first-order valence-corrected chi connectivity index (χ1v) is 10.0. The van der Waals surface area contributed by atoms with Crippen molar-refractivity contribution in [3.05, 3.63) is 47.5 Å². The number of aliphatic hydroxyl groups is 1. The van der Waals surface area contributed by atoms with Crippen molar-refractivity contribution >= 4 is 16.6 Å². The van der Waals surface area contributed by atoms with Crippen LogP contribution in [0.1, 0.15) is 68.5 Å². The first kappa shape index (κ1) is 19.1. The number of piperidine rings is 1. The van der Waals surface area contributed by atoms with E-state index in [0.29, 0.717) is 6.04 Å². The van der Waals surface area contributed by atoms with E-state index in [0.717, 1.165) is 60.7 Å². The van der Waals surface area contributed by atoms with Crippen LogP contribution in [0.25, 0.3) is 10.8 Å². The van der Waals surface area contributed by atoms with Gasteiger partial charge < -0.3 is 5.11 Å². The van der Waals surface area contributed by atoms with E-state index < -0.39 is 6.10 Å². The SMILES string of the molecule is CCC(CC)N1CCCC(C(=O)c2cc(C(C)O)c3ccccc3c2)C1. The van der Waals surface area contributed by atoms with Gasteiger partial charge in [0.25, 0.3) is 0 Å². The molecule has 3 rings (SSSR count). The van der Waals surface area contributed by atoms with Crippen LogP contribution in [-0.4, -0.2) is 34.9 Å². The van der Waals surface area contributed by atoms with Crippen molar-refractivity contribution < 1.29 is 9.90 Å². The number of benzene rings is 2. The van der Waals surface area contributed by atoms with Crippen LogP contribution in [0.3, 0.4) is 0 Å². The zero-order valence-corrected chi connectivity index (χ0v) is 16.2. The van der Waals surface area contributed by atoms with Crippen LogP contribution < -0.4 is 0 Å². The Labute approximate surface area is 157 Å². The summed E-state index contributed by atoms with van der Waals surface area (Å²) in [5, 5.41) is 12.3. The highest BCUT2D eigenvalue weighted by molar-refractivity contribution is 6.02. The van der Waals surface area contributed by atoms with Crippen LogP contribution in [0.2, 0.25) is 0 Å². The van der Waals surface area contributed by atoms with E-state index in [1.54, 1.807) is 6.92 Å². The Balaban J connectivity index is 1.89. The maximum atomic E-state index is 13.3. The molecule has 0 saturated carbocycles. The normalized spacial score (nSPS) is 19.8. The quantitative estimate of drug-likeness (QED) is 0.745. The fourth-order valence-electron chi connectivity index (χ4n) is 4.42. The molecule has 26 heavy (non-hydrogen) atoms. The summed E-state index contributed by atoms with van der Waals surface area (Å²) in [4.78, 5) is 15.8. The van der Waals surface area contributed by atoms with Gasteiger partial charge in [-0.25, -0.2) is 0 Å². The van der Waals surface area contributed by atoms with Crippen molar-refractivity contribution in [2.75, 3.05) is 13.1 Å². The fraction of sp³-hybridized carbons (Fsp3) is 0.522. The minimum atomic E-state index is -0.583. The molecule has 0 bridgehead atoms. The molecule has 1 N–H and O–H groups in total. The van der Waals surface area contributed by atoms with Gasteiger partial charge in [0, 0.05) is 24.1 Å². The van der Waals surface area contributed by atoms with Gasteiger partial charge in [0.15, 0.2) is 5.78 Å². The molecule has 1 fully saturated rings. The summed E-state index contributed by atoms with van der Waals surface area (Å²) >= 11 is 0. The van der Waals surface area contributed by atoms with Gasteiger partial charge in [-0.05, 0) is 67.6 Å². The van der Waals surface area contributed by atoms with E-state index in [2.05, 4.69) is 18.7 Å². The molecule has 1 aliphatic heterocycles. The third-order valence-electron chi connectivity index (χ3n) is 5.91. The highest BCUT2D eigenvalue weighted by Gasteiger charge is 2.29. The summed E-state index contributed by atoms with van der Waals surface area (Å²) in [6.45, 7) is 8.20. The molecule has 2 aromatic carbocycles. The van der Waals surface area contributed by atoms with Gasteiger partial charge in [-0.3, -0.25) is 9.69 Å². The largest absolute Gasteiger partial charge is 0.389 e. The summed E-state index contributed by atoms with van der Waals surface area (Å²) < 4.78 is 0. The lowest BCUT2D eigenvalue weighted by Crippen LogP contribution is -2.44. The molecule has 2 unspecified atom stereocenters. The molecule has 0 amide bonds. The van der Waals surface area contributed by atoms with E-state index in [9.17, 15) is 9.90 Å². The molecule has 3 heteroatoms. The Morgan fingerprint density at radius 1 is 1.23 bits per heavy atom. The summed E-state index contributed by atoms with van der Waals surface area (Å²) in [5.74, 6) is 0.292. The number of carbonyl (C=O) groups excluding carboxylic acids is 1. The van der Waals surface area contributed by atoms with Gasteiger partial charge in [-0.2, -0.15) is 0 Å². The first-order chi connectivity index (χ1) is 12.5. The average Bonchev–Trinajstić information content (AvgIpc) is 2.67. The minimum Gasteiger partial charge on any atom is -0.389 e. The molecule has 2 aromatic rings. The Morgan fingerprint density at radius 2 is 1.96 bits per heavy atom. The first-order valence-electron chi connectivity index (χ1n) is 10.0. The van der Waals surface area contributed by atoms with Crippen molar-refractivity contribution in [3.63, 3.8) is 0 Å². The number of ketones is 1. The number of Topliss-reactive ketones (excluding diaryl/α,β-unsaturated/α-hetero) is 1. The van der Waals surface area contributed by atoms with Crippen molar-refractivity contribution in [1.29, 1.82) is 0 Å². The van der Waals surface area contributed by atoms with Gasteiger partial charge in [0.05, 0.1) is 6.10 Å². The highest BCUT2D eigenvalue weighted by Crippen LogP contribution is 2.29. The lowest BCUT2D eigenvalue weighted by Gasteiger charge is -2.37. The molecular formula is C23H31NO2. The molecule has 1 aliphatic rings. The second kappa shape index (κ2) is 8.32. The fourth-order valence-corrected chi connectivity index (χ4v) is 4.42. The zero-order valence-electron chi connectivity index (χ0n) is 16.2. The van der Waals surface area contributed by atoms with Gasteiger partial charge in [0.2, 0.25) is 0 Å². The topological polar surface area (TPSA) is 40.5 Å². The predicted molar refractivity (Wildman–Crippen MR) is 108 cm³/mol. The summed E-state index contributed by atoms with van der Waals surface area (Å²) in [7, 11) is 0.